The first kappa shape index (κ1) is 13.1. The van der Waals surface area contributed by atoms with Crippen LogP contribution in [0.5, 0.6) is 0 Å². The van der Waals surface area contributed by atoms with Crippen molar-refractivity contribution in [2.45, 2.75) is 13.0 Å². The van der Waals surface area contributed by atoms with E-state index in [0.717, 1.165) is 11.3 Å². The van der Waals surface area contributed by atoms with E-state index >= 15 is 0 Å². The van der Waals surface area contributed by atoms with Gasteiger partial charge in [-0.05, 0) is 48.9 Å². The van der Waals surface area contributed by atoms with Crippen molar-refractivity contribution in [1.29, 1.82) is 0 Å². The van der Waals surface area contributed by atoms with Crippen LogP contribution in [0, 0.1) is 0 Å². The zero-order valence-electron chi connectivity index (χ0n) is 11.1. The maximum absolute atomic E-state index is 12.1. The van der Waals surface area contributed by atoms with Gasteiger partial charge in [0.05, 0.1) is 6.04 Å². The van der Waals surface area contributed by atoms with Crippen LogP contribution in [0.15, 0.2) is 48.8 Å². The normalized spacial score (nSPS) is 11.7. The monoisotopic (exact) mass is 255 g/mol. The number of hydrogen-bond donors (Lipinski definition) is 2. The second-order valence-corrected chi connectivity index (χ2v) is 4.30. The summed E-state index contributed by atoms with van der Waals surface area (Å²) in [5, 5.41) is 5.98. The second kappa shape index (κ2) is 6.00. The van der Waals surface area contributed by atoms with Gasteiger partial charge in [0.15, 0.2) is 0 Å². The summed E-state index contributed by atoms with van der Waals surface area (Å²) in [5.41, 5.74) is 2.67. The molecule has 1 unspecified atom stereocenters. The van der Waals surface area contributed by atoms with E-state index in [0.29, 0.717) is 5.56 Å². The molecule has 1 atom stereocenters. The summed E-state index contributed by atoms with van der Waals surface area (Å²) in [4.78, 5) is 16.0. The van der Waals surface area contributed by atoms with E-state index in [1.54, 1.807) is 24.5 Å². The maximum atomic E-state index is 12.1. The van der Waals surface area contributed by atoms with Gasteiger partial charge in [-0.2, -0.15) is 0 Å². The van der Waals surface area contributed by atoms with Gasteiger partial charge in [-0.3, -0.25) is 9.78 Å². The lowest BCUT2D eigenvalue weighted by molar-refractivity contribution is 0.0940. The summed E-state index contributed by atoms with van der Waals surface area (Å²) in [6, 6.07) is 11.1. The Balaban J connectivity index is 2.04. The Kier molecular flexibility index (Phi) is 4.13. The molecule has 0 bridgehead atoms. The van der Waals surface area contributed by atoms with Crippen LogP contribution in [0.2, 0.25) is 0 Å². The third-order valence-electron chi connectivity index (χ3n) is 2.99. The van der Waals surface area contributed by atoms with Crippen molar-refractivity contribution >= 4 is 11.6 Å². The van der Waals surface area contributed by atoms with Crippen LogP contribution in [-0.4, -0.2) is 17.9 Å². The third kappa shape index (κ3) is 3.31. The molecule has 0 saturated heterocycles. The molecule has 1 amide bonds. The lowest BCUT2D eigenvalue weighted by Crippen LogP contribution is -2.26. The molecular weight excluding hydrogens is 238 g/mol. The van der Waals surface area contributed by atoms with Gasteiger partial charge in [-0.15, -0.1) is 0 Å². The SMILES string of the molecule is CNc1ccc(C(=O)NC(C)c2ccncc2)cc1. The van der Waals surface area contributed by atoms with Crippen molar-refractivity contribution in [1.82, 2.24) is 10.3 Å². The third-order valence-corrected chi connectivity index (χ3v) is 2.99. The number of nitrogens with one attached hydrogen (secondary N) is 2. The molecule has 19 heavy (non-hydrogen) atoms. The smallest absolute Gasteiger partial charge is 0.251 e. The molecule has 1 aromatic heterocycles. The van der Waals surface area contributed by atoms with Crippen molar-refractivity contribution in [3.8, 4) is 0 Å². The van der Waals surface area contributed by atoms with Gasteiger partial charge in [-0.25, -0.2) is 0 Å². The molecule has 0 aliphatic heterocycles. The van der Waals surface area contributed by atoms with E-state index in [2.05, 4.69) is 15.6 Å². The highest BCUT2D eigenvalue weighted by molar-refractivity contribution is 5.94. The summed E-state index contributed by atoms with van der Waals surface area (Å²) < 4.78 is 0. The average Bonchev–Trinajstić information content (AvgIpc) is 2.48. The Labute approximate surface area is 112 Å². The highest BCUT2D eigenvalue weighted by Gasteiger charge is 2.10. The fraction of sp³-hybridized carbons (Fsp3) is 0.200. The van der Waals surface area contributed by atoms with Crippen molar-refractivity contribution in [3.63, 3.8) is 0 Å². The van der Waals surface area contributed by atoms with Crippen molar-refractivity contribution < 1.29 is 4.79 Å². The number of nitrogens with zero attached hydrogens (tertiary/aromatic N) is 1. The Morgan fingerprint density at radius 3 is 2.32 bits per heavy atom. The lowest BCUT2D eigenvalue weighted by Gasteiger charge is -2.14. The van der Waals surface area contributed by atoms with E-state index in [4.69, 9.17) is 0 Å². The highest BCUT2D eigenvalue weighted by Crippen LogP contribution is 2.13. The van der Waals surface area contributed by atoms with Crippen LogP contribution >= 0.6 is 0 Å². The number of hydrogen-bond acceptors (Lipinski definition) is 3. The van der Waals surface area contributed by atoms with E-state index in [9.17, 15) is 4.79 Å². The molecule has 0 fully saturated rings. The van der Waals surface area contributed by atoms with Gasteiger partial charge in [-0.1, -0.05) is 0 Å². The zero-order chi connectivity index (χ0) is 13.7. The first-order chi connectivity index (χ1) is 9.20. The Morgan fingerprint density at radius 2 is 1.74 bits per heavy atom. The number of aromatic nitrogens is 1. The Morgan fingerprint density at radius 1 is 1.11 bits per heavy atom. The summed E-state index contributed by atoms with van der Waals surface area (Å²) in [6.07, 6.45) is 3.44. The molecular formula is C15H17N3O. The average molecular weight is 255 g/mol. The molecule has 0 spiro atoms. The number of carbonyl (C=O) groups is 1. The molecule has 1 aromatic carbocycles. The minimum atomic E-state index is -0.0769. The number of benzene rings is 1. The molecule has 2 N–H and O–H groups in total. The van der Waals surface area contributed by atoms with E-state index in [-0.39, 0.29) is 11.9 Å². The molecule has 0 aliphatic carbocycles. The first-order valence-corrected chi connectivity index (χ1v) is 6.19. The quantitative estimate of drug-likeness (QED) is 0.883. The fourth-order valence-electron chi connectivity index (χ4n) is 1.80. The van der Waals surface area contributed by atoms with Gasteiger partial charge in [0.1, 0.15) is 0 Å². The predicted octanol–water partition coefficient (Wildman–Crippen LogP) is 2.61. The van der Waals surface area contributed by atoms with Crippen molar-refractivity contribution in [2.24, 2.45) is 0 Å². The molecule has 0 saturated carbocycles. The van der Waals surface area contributed by atoms with Gasteiger partial charge in [0.2, 0.25) is 0 Å². The second-order valence-electron chi connectivity index (χ2n) is 4.30. The molecule has 1 heterocycles. The molecule has 0 radical (unpaired) electrons. The summed E-state index contributed by atoms with van der Waals surface area (Å²) in [5.74, 6) is -0.0769. The minimum absolute atomic E-state index is 0.0422. The first-order valence-electron chi connectivity index (χ1n) is 6.19. The van der Waals surface area contributed by atoms with E-state index in [1.165, 1.54) is 0 Å². The number of rotatable bonds is 4. The van der Waals surface area contributed by atoms with Gasteiger partial charge in [0.25, 0.3) is 5.91 Å². The van der Waals surface area contributed by atoms with Gasteiger partial charge < -0.3 is 10.6 Å². The Hall–Kier alpha value is -2.36. The number of anilines is 1. The predicted molar refractivity (Wildman–Crippen MR) is 76.1 cm³/mol. The van der Waals surface area contributed by atoms with Crippen molar-refractivity contribution in [2.75, 3.05) is 12.4 Å². The maximum Gasteiger partial charge on any atom is 0.251 e. The minimum Gasteiger partial charge on any atom is -0.388 e. The van der Waals surface area contributed by atoms with Crippen LogP contribution in [0.25, 0.3) is 0 Å². The van der Waals surface area contributed by atoms with Gasteiger partial charge >= 0.3 is 0 Å². The summed E-state index contributed by atoms with van der Waals surface area (Å²) in [7, 11) is 1.85. The lowest BCUT2D eigenvalue weighted by atomic mass is 10.1. The molecule has 4 heteroatoms. The summed E-state index contributed by atoms with van der Waals surface area (Å²) in [6.45, 7) is 1.95. The molecule has 2 aromatic rings. The topological polar surface area (TPSA) is 54.0 Å². The molecule has 98 valence electrons. The van der Waals surface area contributed by atoms with Crippen LogP contribution < -0.4 is 10.6 Å². The van der Waals surface area contributed by atoms with Crippen LogP contribution in [0.1, 0.15) is 28.9 Å². The van der Waals surface area contributed by atoms with Crippen LogP contribution in [0.3, 0.4) is 0 Å². The van der Waals surface area contributed by atoms with Crippen LogP contribution in [0.4, 0.5) is 5.69 Å². The van der Waals surface area contributed by atoms with Gasteiger partial charge in [0, 0.05) is 30.7 Å². The van der Waals surface area contributed by atoms with E-state index < -0.39 is 0 Å². The highest BCUT2D eigenvalue weighted by atomic mass is 16.1. The number of amides is 1. The van der Waals surface area contributed by atoms with Crippen molar-refractivity contribution in [3.05, 3.63) is 59.9 Å². The largest absolute Gasteiger partial charge is 0.388 e. The molecule has 2 rings (SSSR count). The molecule has 0 aliphatic rings. The number of pyridine rings is 1. The van der Waals surface area contributed by atoms with Crippen LogP contribution in [-0.2, 0) is 0 Å². The Bertz CT molecular complexity index is 537. The number of carbonyl (C=O) groups excluding carboxylic acids is 1. The van der Waals surface area contributed by atoms with E-state index in [1.807, 2.05) is 38.2 Å². The fourth-order valence-corrected chi connectivity index (χ4v) is 1.80. The molecule has 4 nitrogen and oxygen atoms in total. The zero-order valence-corrected chi connectivity index (χ0v) is 11.1. The summed E-state index contributed by atoms with van der Waals surface area (Å²) >= 11 is 0. The standard InChI is InChI=1S/C15H17N3O/c1-11(12-7-9-17-10-8-12)18-15(19)13-3-5-14(16-2)6-4-13/h3-11,16H,1-2H3,(H,18,19).